The van der Waals surface area contributed by atoms with Gasteiger partial charge in [-0.3, -0.25) is 4.68 Å². The topological polar surface area (TPSA) is 89.3 Å². The Labute approximate surface area is 126 Å². The lowest BCUT2D eigenvalue weighted by atomic mass is 10.2. The Hall–Kier alpha value is -1.86. The van der Waals surface area contributed by atoms with Crippen molar-refractivity contribution in [1.29, 1.82) is 0 Å². The average Bonchev–Trinajstić information content (AvgIpc) is 2.65. The van der Waals surface area contributed by atoms with Gasteiger partial charge in [-0.15, -0.1) is 0 Å². The van der Waals surface area contributed by atoms with Crippen molar-refractivity contribution in [3.05, 3.63) is 46.2 Å². The van der Waals surface area contributed by atoms with E-state index < -0.39 is 21.6 Å². The maximum atomic E-state index is 12.5. The molecule has 0 saturated heterocycles. The van der Waals surface area contributed by atoms with Crippen molar-refractivity contribution in [2.24, 2.45) is 7.05 Å². The fraction of sp³-hybridized carbons (Fsp3) is 0.231. The first kappa shape index (κ1) is 15.5. The highest BCUT2D eigenvalue weighted by Gasteiger charge is 2.25. The first-order valence-corrected chi connectivity index (χ1v) is 8.00. The van der Waals surface area contributed by atoms with Gasteiger partial charge in [-0.05, 0) is 19.1 Å². The Balaban J connectivity index is 2.51. The van der Waals surface area contributed by atoms with Crippen molar-refractivity contribution in [2.75, 3.05) is 0 Å². The fourth-order valence-corrected chi connectivity index (χ4v) is 3.94. The quantitative estimate of drug-likeness (QED) is 0.927. The second kappa shape index (κ2) is 5.50. The van der Waals surface area contributed by atoms with Crippen LogP contribution in [0.3, 0.4) is 0 Å². The number of rotatable bonds is 4. The van der Waals surface area contributed by atoms with Crippen molar-refractivity contribution in [3.63, 3.8) is 0 Å². The van der Waals surface area contributed by atoms with E-state index in [0.29, 0.717) is 11.4 Å². The summed E-state index contributed by atoms with van der Waals surface area (Å²) in [6.07, 6.45) is 0. The van der Waals surface area contributed by atoms with Crippen LogP contribution in [0.4, 0.5) is 0 Å². The van der Waals surface area contributed by atoms with Crippen molar-refractivity contribution < 1.29 is 18.3 Å². The zero-order valence-corrected chi connectivity index (χ0v) is 12.9. The summed E-state index contributed by atoms with van der Waals surface area (Å²) in [5.74, 6) is -1.70. The van der Waals surface area contributed by atoms with Gasteiger partial charge < -0.3 is 5.11 Å². The van der Waals surface area contributed by atoms with E-state index in [1.165, 1.54) is 28.9 Å². The summed E-state index contributed by atoms with van der Waals surface area (Å²) in [6, 6.07) is 5.49. The van der Waals surface area contributed by atoms with Gasteiger partial charge >= 0.3 is 5.97 Å². The number of aromatic nitrogens is 2. The fourth-order valence-electron chi connectivity index (χ4n) is 2.01. The smallest absolute Gasteiger partial charge is 0.337 e. The molecular weight excluding hydrogens is 316 g/mol. The van der Waals surface area contributed by atoms with Gasteiger partial charge in [0.1, 0.15) is 0 Å². The number of hydrogen-bond donors (Lipinski definition) is 1. The highest BCUT2D eigenvalue weighted by molar-refractivity contribution is 7.90. The summed E-state index contributed by atoms with van der Waals surface area (Å²) >= 11 is 6.05. The molecule has 0 unspecified atom stereocenters. The van der Waals surface area contributed by atoms with Crippen LogP contribution in [-0.2, 0) is 22.6 Å². The lowest BCUT2D eigenvalue weighted by Gasteiger charge is -2.08. The summed E-state index contributed by atoms with van der Waals surface area (Å²) in [6.45, 7) is 1.67. The number of aryl methyl sites for hydroxylation is 2. The van der Waals surface area contributed by atoms with Gasteiger partial charge in [0.2, 0.25) is 0 Å². The lowest BCUT2D eigenvalue weighted by molar-refractivity contribution is 0.0692. The standard InChI is InChI=1S/C13H13ClN2O4S/c1-8-12(14)10(16(2)15-8)7-21(19,20)11-6-4-3-5-9(11)13(17)18/h3-6H,7H2,1-2H3,(H,17,18). The highest BCUT2D eigenvalue weighted by Crippen LogP contribution is 2.26. The molecule has 21 heavy (non-hydrogen) atoms. The Morgan fingerprint density at radius 1 is 1.38 bits per heavy atom. The van der Waals surface area contributed by atoms with Gasteiger partial charge in [-0.1, -0.05) is 23.7 Å². The third-order valence-electron chi connectivity index (χ3n) is 3.04. The number of nitrogens with zero attached hydrogens (tertiary/aromatic N) is 2. The minimum Gasteiger partial charge on any atom is -0.478 e. The molecule has 0 spiro atoms. The normalized spacial score (nSPS) is 11.6. The Morgan fingerprint density at radius 2 is 2.00 bits per heavy atom. The summed E-state index contributed by atoms with van der Waals surface area (Å²) in [5.41, 5.74) is 0.595. The van der Waals surface area contributed by atoms with Crippen LogP contribution >= 0.6 is 11.6 Å². The second-order valence-corrected chi connectivity index (χ2v) is 6.87. The molecule has 0 saturated carbocycles. The van der Waals surface area contributed by atoms with Crippen molar-refractivity contribution in [3.8, 4) is 0 Å². The van der Waals surface area contributed by atoms with E-state index in [4.69, 9.17) is 16.7 Å². The number of carbonyl (C=O) groups is 1. The molecule has 2 rings (SSSR count). The van der Waals surface area contributed by atoms with Crippen LogP contribution < -0.4 is 0 Å². The van der Waals surface area contributed by atoms with Gasteiger partial charge in [0, 0.05) is 7.05 Å². The molecule has 0 radical (unpaired) electrons. The minimum atomic E-state index is -3.85. The summed E-state index contributed by atoms with van der Waals surface area (Å²) < 4.78 is 26.3. The Kier molecular flexibility index (Phi) is 4.06. The third kappa shape index (κ3) is 2.93. The van der Waals surface area contributed by atoms with Crippen LogP contribution in [0.5, 0.6) is 0 Å². The molecule has 0 aliphatic heterocycles. The number of carboxylic acids is 1. The molecule has 1 heterocycles. The molecule has 0 aliphatic carbocycles. The molecule has 2 aromatic rings. The van der Waals surface area contributed by atoms with E-state index in [1.54, 1.807) is 14.0 Å². The minimum absolute atomic E-state index is 0.229. The molecule has 1 aromatic heterocycles. The van der Waals surface area contributed by atoms with Crippen LogP contribution in [0.2, 0.25) is 5.02 Å². The van der Waals surface area contributed by atoms with E-state index in [0.717, 1.165) is 0 Å². The Morgan fingerprint density at radius 3 is 2.52 bits per heavy atom. The highest BCUT2D eigenvalue weighted by atomic mass is 35.5. The van der Waals surface area contributed by atoms with Crippen LogP contribution in [0.25, 0.3) is 0 Å². The third-order valence-corrected chi connectivity index (χ3v) is 5.21. The number of halogens is 1. The summed E-state index contributed by atoms with van der Waals surface area (Å²) in [7, 11) is -2.26. The predicted molar refractivity (Wildman–Crippen MR) is 77.2 cm³/mol. The van der Waals surface area contributed by atoms with Crippen LogP contribution in [-0.4, -0.2) is 29.3 Å². The molecule has 112 valence electrons. The van der Waals surface area contributed by atoms with Crippen LogP contribution in [0.1, 0.15) is 21.7 Å². The molecule has 6 nitrogen and oxygen atoms in total. The number of hydrogen-bond acceptors (Lipinski definition) is 4. The van der Waals surface area contributed by atoms with Gasteiger partial charge in [-0.25, -0.2) is 13.2 Å². The number of sulfone groups is 1. The number of aromatic carboxylic acids is 1. The largest absolute Gasteiger partial charge is 0.478 e. The van der Waals surface area contributed by atoms with Gasteiger partial charge in [0.15, 0.2) is 9.84 Å². The molecule has 1 aromatic carbocycles. The van der Waals surface area contributed by atoms with E-state index in [2.05, 4.69) is 5.10 Å². The molecule has 0 atom stereocenters. The zero-order chi connectivity index (χ0) is 15.8. The van der Waals surface area contributed by atoms with Crippen molar-refractivity contribution in [1.82, 2.24) is 9.78 Å². The number of benzene rings is 1. The SMILES string of the molecule is Cc1nn(C)c(CS(=O)(=O)c2ccccc2C(=O)O)c1Cl. The lowest BCUT2D eigenvalue weighted by Crippen LogP contribution is -2.13. The van der Waals surface area contributed by atoms with Crippen LogP contribution in [0.15, 0.2) is 29.2 Å². The summed E-state index contributed by atoms with van der Waals surface area (Å²) in [4.78, 5) is 10.9. The maximum Gasteiger partial charge on any atom is 0.337 e. The maximum absolute atomic E-state index is 12.5. The Bertz CT molecular complexity index is 812. The second-order valence-electron chi connectivity index (χ2n) is 4.53. The molecule has 1 N–H and O–H groups in total. The molecule has 0 amide bonds. The molecular formula is C13H13ClN2O4S. The summed E-state index contributed by atoms with van der Waals surface area (Å²) in [5, 5.41) is 13.4. The first-order chi connectivity index (χ1) is 9.74. The van der Waals surface area contributed by atoms with Gasteiger partial charge in [0.05, 0.1) is 32.6 Å². The first-order valence-electron chi connectivity index (χ1n) is 5.97. The van der Waals surface area contributed by atoms with Gasteiger partial charge in [0.25, 0.3) is 0 Å². The van der Waals surface area contributed by atoms with Crippen LogP contribution in [0, 0.1) is 6.92 Å². The van der Waals surface area contributed by atoms with Gasteiger partial charge in [-0.2, -0.15) is 5.10 Å². The van der Waals surface area contributed by atoms with Crippen molar-refractivity contribution in [2.45, 2.75) is 17.6 Å². The molecule has 0 bridgehead atoms. The van der Waals surface area contributed by atoms with E-state index in [1.807, 2.05) is 0 Å². The molecule has 8 heteroatoms. The number of carboxylic acid groups (broad SMARTS) is 1. The van der Waals surface area contributed by atoms with Crippen molar-refractivity contribution >= 4 is 27.4 Å². The average molecular weight is 329 g/mol. The molecule has 0 aliphatic rings. The molecule has 0 fully saturated rings. The van der Waals surface area contributed by atoms with E-state index in [-0.39, 0.29) is 15.5 Å². The monoisotopic (exact) mass is 328 g/mol. The predicted octanol–water partition coefficient (Wildman–Crippen LogP) is 2.05. The van der Waals surface area contributed by atoms with E-state index in [9.17, 15) is 13.2 Å². The zero-order valence-electron chi connectivity index (χ0n) is 11.4. The van der Waals surface area contributed by atoms with E-state index >= 15 is 0 Å².